The summed E-state index contributed by atoms with van der Waals surface area (Å²) >= 11 is 5.82. The summed E-state index contributed by atoms with van der Waals surface area (Å²) in [7, 11) is 3.13. The van der Waals surface area contributed by atoms with E-state index in [1.807, 2.05) is 6.07 Å². The van der Waals surface area contributed by atoms with Crippen LogP contribution in [0.2, 0.25) is 5.02 Å². The Labute approximate surface area is 105 Å². The van der Waals surface area contributed by atoms with Gasteiger partial charge in [-0.15, -0.1) is 0 Å². The summed E-state index contributed by atoms with van der Waals surface area (Å²) in [6.45, 7) is 0.390. The number of carbonyl (C=O) groups excluding carboxylic acids is 1. The lowest BCUT2D eigenvalue weighted by Gasteiger charge is -2.17. The molecular weight excluding hydrogens is 240 g/mol. The Hall–Kier alpha value is -1.73. The maximum absolute atomic E-state index is 12.0. The van der Waals surface area contributed by atoms with Crippen LogP contribution in [0.25, 0.3) is 0 Å². The Morgan fingerprint density at radius 2 is 2.29 bits per heavy atom. The summed E-state index contributed by atoms with van der Waals surface area (Å²) in [6, 6.07) is 6.84. The number of nitriles is 1. The van der Waals surface area contributed by atoms with Gasteiger partial charge in [0.1, 0.15) is 5.75 Å². The second-order valence-electron chi connectivity index (χ2n) is 3.48. The monoisotopic (exact) mass is 252 g/mol. The molecule has 1 aromatic carbocycles. The van der Waals surface area contributed by atoms with Crippen molar-refractivity contribution >= 4 is 17.5 Å². The zero-order valence-electron chi connectivity index (χ0n) is 9.74. The number of hydrogen-bond acceptors (Lipinski definition) is 3. The van der Waals surface area contributed by atoms with E-state index in [1.54, 1.807) is 25.2 Å². The van der Waals surface area contributed by atoms with Gasteiger partial charge in [0.2, 0.25) is 0 Å². The van der Waals surface area contributed by atoms with E-state index in [0.29, 0.717) is 29.3 Å². The standard InChI is InChI=1S/C12H13ClN2O2/c1-15(7-3-6-14)12(16)10-5-4-9(13)8-11(10)17-2/h4-5,8H,3,7H2,1-2H3. The van der Waals surface area contributed by atoms with Crippen molar-refractivity contribution < 1.29 is 9.53 Å². The zero-order valence-corrected chi connectivity index (χ0v) is 10.5. The molecule has 0 saturated carbocycles. The fraction of sp³-hybridized carbons (Fsp3) is 0.333. The molecule has 1 rings (SSSR count). The van der Waals surface area contributed by atoms with Crippen molar-refractivity contribution in [3.8, 4) is 11.8 Å². The van der Waals surface area contributed by atoms with Gasteiger partial charge in [-0.05, 0) is 18.2 Å². The van der Waals surface area contributed by atoms with E-state index in [2.05, 4.69) is 0 Å². The minimum Gasteiger partial charge on any atom is -0.496 e. The summed E-state index contributed by atoms with van der Waals surface area (Å²) in [5, 5.41) is 8.99. The minimum atomic E-state index is -0.186. The van der Waals surface area contributed by atoms with Crippen molar-refractivity contribution in [3.63, 3.8) is 0 Å². The lowest BCUT2D eigenvalue weighted by Crippen LogP contribution is -2.27. The van der Waals surface area contributed by atoms with E-state index in [1.165, 1.54) is 12.0 Å². The molecule has 0 atom stereocenters. The average Bonchev–Trinajstić information content (AvgIpc) is 2.34. The van der Waals surface area contributed by atoms with Crippen LogP contribution < -0.4 is 4.74 Å². The van der Waals surface area contributed by atoms with E-state index in [0.717, 1.165) is 0 Å². The Kier molecular flexibility index (Phi) is 4.80. The molecule has 0 radical (unpaired) electrons. The van der Waals surface area contributed by atoms with E-state index >= 15 is 0 Å². The van der Waals surface area contributed by atoms with Crippen molar-refractivity contribution in [2.24, 2.45) is 0 Å². The van der Waals surface area contributed by atoms with Crippen molar-refractivity contribution in [2.75, 3.05) is 20.7 Å². The third kappa shape index (κ3) is 3.36. The number of amides is 1. The number of halogens is 1. The molecule has 0 aliphatic carbocycles. The van der Waals surface area contributed by atoms with Crippen LogP contribution in [-0.2, 0) is 0 Å². The second kappa shape index (κ2) is 6.12. The third-order valence-corrected chi connectivity index (χ3v) is 2.53. The van der Waals surface area contributed by atoms with Crippen LogP contribution >= 0.6 is 11.6 Å². The summed E-state index contributed by atoms with van der Waals surface area (Å²) in [4.78, 5) is 13.5. The Bertz CT molecular complexity index is 454. The molecular formula is C12H13ClN2O2. The van der Waals surface area contributed by atoms with Crippen LogP contribution in [0, 0.1) is 11.3 Å². The first kappa shape index (κ1) is 13.3. The van der Waals surface area contributed by atoms with Gasteiger partial charge >= 0.3 is 0 Å². The fourth-order valence-corrected chi connectivity index (χ4v) is 1.53. The average molecular weight is 253 g/mol. The van der Waals surface area contributed by atoms with Crippen LogP contribution in [0.1, 0.15) is 16.8 Å². The molecule has 90 valence electrons. The predicted molar refractivity (Wildman–Crippen MR) is 65.2 cm³/mol. The topological polar surface area (TPSA) is 53.3 Å². The Balaban J connectivity index is 2.92. The molecule has 0 unspecified atom stereocenters. The van der Waals surface area contributed by atoms with Gasteiger partial charge in [0.15, 0.2) is 0 Å². The van der Waals surface area contributed by atoms with Gasteiger partial charge in [0, 0.05) is 18.6 Å². The van der Waals surface area contributed by atoms with Crippen LogP contribution in [0.5, 0.6) is 5.75 Å². The maximum atomic E-state index is 12.0. The predicted octanol–water partition coefficient (Wildman–Crippen LogP) is 2.33. The third-order valence-electron chi connectivity index (χ3n) is 2.30. The summed E-state index contributed by atoms with van der Waals surface area (Å²) in [6.07, 6.45) is 0.304. The first-order valence-electron chi connectivity index (χ1n) is 5.06. The molecule has 0 N–H and O–H groups in total. The van der Waals surface area contributed by atoms with Crippen LogP contribution in [0.15, 0.2) is 18.2 Å². The van der Waals surface area contributed by atoms with Gasteiger partial charge in [0.05, 0.1) is 25.2 Å². The number of methoxy groups -OCH3 is 1. The lowest BCUT2D eigenvalue weighted by atomic mass is 10.1. The molecule has 17 heavy (non-hydrogen) atoms. The summed E-state index contributed by atoms with van der Waals surface area (Å²) in [5.41, 5.74) is 0.442. The van der Waals surface area contributed by atoms with Crippen molar-refractivity contribution in [1.82, 2.24) is 4.90 Å². The molecule has 0 aliphatic heterocycles. The van der Waals surface area contributed by atoms with Gasteiger partial charge < -0.3 is 9.64 Å². The highest BCUT2D eigenvalue weighted by molar-refractivity contribution is 6.30. The van der Waals surface area contributed by atoms with E-state index in [4.69, 9.17) is 21.6 Å². The highest BCUT2D eigenvalue weighted by Crippen LogP contribution is 2.24. The second-order valence-corrected chi connectivity index (χ2v) is 3.92. The number of carbonyl (C=O) groups is 1. The minimum absolute atomic E-state index is 0.186. The zero-order chi connectivity index (χ0) is 12.8. The molecule has 0 spiro atoms. The summed E-state index contributed by atoms with van der Waals surface area (Å²) < 4.78 is 5.10. The lowest BCUT2D eigenvalue weighted by molar-refractivity contribution is 0.0794. The number of benzene rings is 1. The van der Waals surface area contributed by atoms with Gasteiger partial charge in [-0.1, -0.05) is 11.6 Å². The van der Waals surface area contributed by atoms with Crippen molar-refractivity contribution in [3.05, 3.63) is 28.8 Å². The van der Waals surface area contributed by atoms with Crippen molar-refractivity contribution in [2.45, 2.75) is 6.42 Å². The maximum Gasteiger partial charge on any atom is 0.257 e. The molecule has 0 bridgehead atoms. The summed E-state index contributed by atoms with van der Waals surface area (Å²) in [5.74, 6) is 0.250. The molecule has 1 aromatic rings. The van der Waals surface area contributed by atoms with Gasteiger partial charge in [-0.2, -0.15) is 5.26 Å². The van der Waals surface area contributed by atoms with Crippen LogP contribution in [0.3, 0.4) is 0 Å². The molecule has 0 heterocycles. The quantitative estimate of drug-likeness (QED) is 0.826. The molecule has 5 heteroatoms. The molecule has 0 fully saturated rings. The van der Waals surface area contributed by atoms with Gasteiger partial charge in [-0.3, -0.25) is 4.79 Å². The van der Waals surface area contributed by atoms with E-state index in [-0.39, 0.29) is 5.91 Å². The molecule has 0 saturated heterocycles. The molecule has 4 nitrogen and oxygen atoms in total. The Morgan fingerprint density at radius 1 is 1.59 bits per heavy atom. The van der Waals surface area contributed by atoms with Crippen molar-refractivity contribution in [1.29, 1.82) is 5.26 Å². The number of hydrogen-bond donors (Lipinski definition) is 0. The van der Waals surface area contributed by atoms with E-state index in [9.17, 15) is 4.79 Å². The highest BCUT2D eigenvalue weighted by atomic mass is 35.5. The smallest absolute Gasteiger partial charge is 0.257 e. The normalized spacial score (nSPS) is 9.53. The molecule has 0 aliphatic rings. The highest BCUT2D eigenvalue weighted by Gasteiger charge is 2.16. The van der Waals surface area contributed by atoms with E-state index < -0.39 is 0 Å². The largest absolute Gasteiger partial charge is 0.496 e. The first-order valence-corrected chi connectivity index (χ1v) is 5.44. The van der Waals surface area contributed by atoms with Crippen LogP contribution in [-0.4, -0.2) is 31.5 Å². The fourth-order valence-electron chi connectivity index (χ4n) is 1.37. The first-order chi connectivity index (χ1) is 8.10. The van der Waals surface area contributed by atoms with Gasteiger partial charge in [0.25, 0.3) is 5.91 Å². The Morgan fingerprint density at radius 3 is 2.88 bits per heavy atom. The number of rotatable bonds is 4. The number of ether oxygens (including phenoxy) is 1. The number of nitrogens with zero attached hydrogens (tertiary/aromatic N) is 2. The SMILES string of the molecule is COc1cc(Cl)ccc1C(=O)N(C)CCC#N. The van der Waals surface area contributed by atoms with Gasteiger partial charge in [-0.25, -0.2) is 0 Å². The van der Waals surface area contributed by atoms with Crippen LogP contribution in [0.4, 0.5) is 0 Å². The molecule has 1 amide bonds. The molecule has 0 aromatic heterocycles.